The number of hydrogen-bond acceptors (Lipinski definition) is 5. The second kappa shape index (κ2) is 8.23. The maximum absolute atomic E-state index is 6.14. The summed E-state index contributed by atoms with van der Waals surface area (Å²) in [4.78, 5) is 4.67. The predicted octanol–water partition coefficient (Wildman–Crippen LogP) is 1.82. The fraction of sp³-hybridized carbons (Fsp3) is 0.368. The van der Waals surface area contributed by atoms with Crippen molar-refractivity contribution in [1.82, 2.24) is 19.9 Å². The van der Waals surface area contributed by atoms with Crippen molar-refractivity contribution in [2.45, 2.75) is 19.8 Å². The van der Waals surface area contributed by atoms with Crippen LogP contribution in [0.1, 0.15) is 19.8 Å². The van der Waals surface area contributed by atoms with Gasteiger partial charge in [0, 0.05) is 30.1 Å². The number of nitrogens with one attached hydrogen (secondary N) is 2. The minimum atomic E-state index is 0.548. The lowest BCUT2D eigenvalue weighted by atomic mass is 10.0. The van der Waals surface area contributed by atoms with E-state index in [2.05, 4.69) is 27.6 Å². The van der Waals surface area contributed by atoms with Gasteiger partial charge in [0.25, 0.3) is 0 Å². The van der Waals surface area contributed by atoms with Crippen LogP contribution in [0, 0.1) is 5.92 Å². The SMILES string of the molecule is [B]c1cnn2c(NCC(CC)CCNC)cc(-c3ccccc3N)nc12. The molecule has 0 aliphatic heterocycles. The number of benzene rings is 1. The van der Waals surface area contributed by atoms with Crippen molar-refractivity contribution in [3.05, 3.63) is 36.5 Å². The average Bonchev–Trinajstić information content (AvgIpc) is 3.03. The van der Waals surface area contributed by atoms with E-state index in [0.717, 1.165) is 43.0 Å². The van der Waals surface area contributed by atoms with E-state index in [9.17, 15) is 0 Å². The lowest BCUT2D eigenvalue weighted by Crippen LogP contribution is -2.20. The second-order valence-corrected chi connectivity index (χ2v) is 6.50. The monoisotopic (exact) mass is 348 g/mol. The second-order valence-electron chi connectivity index (χ2n) is 6.50. The van der Waals surface area contributed by atoms with E-state index in [-0.39, 0.29) is 0 Å². The summed E-state index contributed by atoms with van der Waals surface area (Å²) in [7, 11) is 8.05. The molecule has 0 aliphatic rings. The number of hydrogen-bond donors (Lipinski definition) is 3. The highest BCUT2D eigenvalue weighted by Gasteiger charge is 2.13. The topological polar surface area (TPSA) is 80.3 Å². The maximum Gasteiger partial charge on any atom is 0.150 e. The van der Waals surface area contributed by atoms with Crippen LogP contribution in [0.5, 0.6) is 0 Å². The standard InChI is InChI=1S/C19H25BN6/c1-3-13(8-9-22-2)11-23-18-10-17(14-6-4-5-7-16(14)21)25-19-15(20)12-24-26(18)19/h4-7,10,12-13,22-23H,3,8-9,11,21H2,1-2H3. The number of nitrogens with two attached hydrogens (primary N) is 1. The third kappa shape index (κ3) is 3.83. The zero-order valence-corrected chi connectivity index (χ0v) is 15.4. The first-order chi connectivity index (χ1) is 12.6. The van der Waals surface area contributed by atoms with E-state index < -0.39 is 0 Å². The quantitative estimate of drug-likeness (QED) is 0.427. The van der Waals surface area contributed by atoms with Crippen molar-refractivity contribution in [1.29, 1.82) is 0 Å². The summed E-state index contributed by atoms with van der Waals surface area (Å²) in [5, 5.41) is 11.1. The summed E-state index contributed by atoms with van der Waals surface area (Å²) in [5.41, 5.74) is 9.69. The molecule has 4 N–H and O–H groups in total. The third-order valence-corrected chi connectivity index (χ3v) is 4.69. The molecule has 2 heterocycles. The molecular weight excluding hydrogens is 323 g/mol. The van der Waals surface area contributed by atoms with Gasteiger partial charge in [-0.3, -0.25) is 0 Å². The summed E-state index contributed by atoms with van der Waals surface area (Å²) in [6.07, 6.45) is 3.86. The summed E-state index contributed by atoms with van der Waals surface area (Å²) in [6.45, 7) is 4.08. The highest BCUT2D eigenvalue weighted by molar-refractivity contribution is 6.36. The van der Waals surface area contributed by atoms with Crippen molar-refractivity contribution in [3.63, 3.8) is 0 Å². The Kier molecular flexibility index (Phi) is 5.78. The molecule has 1 unspecified atom stereocenters. The van der Waals surface area contributed by atoms with Crippen LogP contribution in [0.15, 0.2) is 36.5 Å². The normalized spacial score (nSPS) is 12.4. The van der Waals surface area contributed by atoms with E-state index in [1.165, 1.54) is 0 Å². The Morgan fingerprint density at radius 1 is 1.31 bits per heavy atom. The zero-order valence-electron chi connectivity index (χ0n) is 15.4. The van der Waals surface area contributed by atoms with Gasteiger partial charge in [-0.25, -0.2) is 4.98 Å². The lowest BCUT2D eigenvalue weighted by molar-refractivity contribution is 0.482. The molecule has 0 fully saturated rings. The number of anilines is 2. The molecule has 0 saturated heterocycles. The number of nitrogens with zero attached hydrogens (tertiary/aromatic N) is 3. The third-order valence-electron chi connectivity index (χ3n) is 4.69. The Morgan fingerprint density at radius 2 is 2.12 bits per heavy atom. The molecule has 0 saturated carbocycles. The molecule has 2 radical (unpaired) electrons. The molecule has 0 aliphatic carbocycles. The van der Waals surface area contributed by atoms with Crippen molar-refractivity contribution in [2.75, 3.05) is 31.2 Å². The highest BCUT2D eigenvalue weighted by Crippen LogP contribution is 2.26. The van der Waals surface area contributed by atoms with Crippen LogP contribution in [0.25, 0.3) is 16.9 Å². The molecule has 0 bridgehead atoms. The van der Waals surface area contributed by atoms with Crippen LogP contribution in [0.2, 0.25) is 0 Å². The Bertz CT molecular complexity index is 876. The van der Waals surface area contributed by atoms with Crippen LogP contribution in [0.4, 0.5) is 11.5 Å². The van der Waals surface area contributed by atoms with Crippen molar-refractivity contribution in [2.24, 2.45) is 5.92 Å². The molecule has 1 atom stereocenters. The lowest BCUT2D eigenvalue weighted by Gasteiger charge is -2.17. The zero-order chi connectivity index (χ0) is 18.5. The Hall–Kier alpha value is -2.54. The molecule has 134 valence electrons. The first-order valence-electron chi connectivity index (χ1n) is 9.01. The first kappa shape index (κ1) is 18.3. The largest absolute Gasteiger partial charge is 0.398 e. The number of aromatic nitrogens is 3. The number of para-hydroxylation sites is 1. The van der Waals surface area contributed by atoms with Crippen LogP contribution in [-0.4, -0.2) is 42.6 Å². The van der Waals surface area contributed by atoms with Gasteiger partial charge in [0.15, 0.2) is 5.65 Å². The van der Waals surface area contributed by atoms with E-state index in [1.807, 2.05) is 37.4 Å². The van der Waals surface area contributed by atoms with E-state index in [0.29, 0.717) is 22.7 Å². The van der Waals surface area contributed by atoms with Crippen LogP contribution in [0.3, 0.4) is 0 Å². The number of rotatable bonds is 8. The van der Waals surface area contributed by atoms with Gasteiger partial charge in [-0.15, -0.1) is 0 Å². The minimum Gasteiger partial charge on any atom is -0.398 e. The minimum absolute atomic E-state index is 0.548. The summed E-state index contributed by atoms with van der Waals surface area (Å²) < 4.78 is 1.75. The first-order valence-corrected chi connectivity index (χ1v) is 9.01. The van der Waals surface area contributed by atoms with Crippen molar-refractivity contribution < 1.29 is 0 Å². The smallest absolute Gasteiger partial charge is 0.150 e. The summed E-state index contributed by atoms with van der Waals surface area (Å²) in [5.74, 6) is 1.44. The molecule has 6 nitrogen and oxygen atoms in total. The molecule has 7 heteroatoms. The molecule has 3 rings (SSSR count). The van der Waals surface area contributed by atoms with Crippen molar-refractivity contribution >= 4 is 30.5 Å². The Labute approximate surface area is 155 Å². The van der Waals surface area contributed by atoms with E-state index in [1.54, 1.807) is 10.7 Å². The predicted molar refractivity (Wildman–Crippen MR) is 109 cm³/mol. The van der Waals surface area contributed by atoms with Gasteiger partial charge in [-0.2, -0.15) is 9.61 Å². The molecular formula is C19H25BN6. The average molecular weight is 348 g/mol. The van der Waals surface area contributed by atoms with Crippen LogP contribution < -0.4 is 21.8 Å². The fourth-order valence-corrected chi connectivity index (χ4v) is 3.02. The van der Waals surface area contributed by atoms with Gasteiger partial charge in [0.2, 0.25) is 0 Å². The van der Waals surface area contributed by atoms with Gasteiger partial charge in [-0.1, -0.05) is 31.5 Å². The van der Waals surface area contributed by atoms with Crippen LogP contribution >= 0.6 is 0 Å². The molecule has 3 aromatic rings. The van der Waals surface area contributed by atoms with Crippen LogP contribution in [-0.2, 0) is 0 Å². The van der Waals surface area contributed by atoms with Gasteiger partial charge in [-0.05, 0) is 37.5 Å². The molecule has 0 amide bonds. The summed E-state index contributed by atoms with van der Waals surface area (Å²) >= 11 is 0. The molecule has 2 aromatic heterocycles. The number of fused-ring (bicyclic) bond motifs is 1. The Balaban J connectivity index is 1.95. The van der Waals surface area contributed by atoms with Gasteiger partial charge < -0.3 is 16.4 Å². The maximum atomic E-state index is 6.14. The highest BCUT2D eigenvalue weighted by atomic mass is 15.3. The van der Waals surface area contributed by atoms with Gasteiger partial charge in [0.1, 0.15) is 13.7 Å². The van der Waals surface area contributed by atoms with E-state index >= 15 is 0 Å². The van der Waals surface area contributed by atoms with E-state index in [4.69, 9.17) is 13.6 Å². The van der Waals surface area contributed by atoms with Gasteiger partial charge >= 0.3 is 0 Å². The van der Waals surface area contributed by atoms with Gasteiger partial charge in [0.05, 0.1) is 5.69 Å². The Morgan fingerprint density at radius 3 is 2.85 bits per heavy atom. The fourth-order valence-electron chi connectivity index (χ4n) is 3.02. The molecule has 26 heavy (non-hydrogen) atoms. The summed E-state index contributed by atoms with van der Waals surface area (Å²) in [6, 6.07) is 9.69. The molecule has 0 spiro atoms. The number of nitrogen functional groups attached to an aromatic ring is 1. The van der Waals surface area contributed by atoms with Crippen molar-refractivity contribution in [3.8, 4) is 11.3 Å². The molecule has 1 aromatic carbocycles.